The molecule has 0 unspecified atom stereocenters. The molecule has 7 nitrogen and oxygen atoms in total. The number of aromatic hydroxyl groups is 1. The number of phenolic OH excluding ortho intramolecular Hbond substituents is 1. The van der Waals surface area contributed by atoms with Gasteiger partial charge in [-0.05, 0) is 48.2 Å². The molecule has 0 bridgehead atoms. The summed E-state index contributed by atoms with van der Waals surface area (Å²) in [6.45, 7) is 0. The number of fused-ring (bicyclic) bond motifs is 1. The second kappa shape index (κ2) is 5.77. The lowest BCUT2D eigenvalue weighted by Gasteiger charge is -2.20. The largest absolute Gasteiger partial charge is 0.508 e. The van der Waals surface area contributed by atoms with Crippen molar-refractivity contribution in [3.05, 3.63) is 66.1 Å². The minimum Gasteiger partial charge on any atom is -0.508 e. The first-order valence-corrected chi connectivity index (χ1v) is 8.71. The molecule has 5 rings (SSSR count). The van der Waals surface area contributed by atoms with Crippen LogP contribution >= 0.6 is 0 Å². The molecule has 0 aliphatic heterocycles. The highest BCUT2D eigenvalue weighted by atomic mass is 16.5. The van der Waals surface area contributed by atoms with Crippen LogP contribution in [0.4, 0.5) is 0 Å². The van der Waals surface area contributed by atoms with Gasteiger partial charge in [-0.1, -0.05) is 18.2 Å². The van der Waals surface area contributed by atoms with Gasteiger partial charge in [0.2, 0.25) is 0 Å². The zero-order valence-corrected chi connectivity index (χ0v) is 14.7. The molecule has 0 amide bonds. The topological polar surface area (TPSA) is 85.4 Å². The van der Waals surface area contributed by atoms with Gasteiger partial charge in [-0.3, -0.25) is 0 Å². The number of phenols is 1. The summed E-state index contributed by atoms with van der Waals surface area (Å²) >= 11 is 0. The van der Waals surface area contributed by atoms with Crippen LogP contribution in [0.2, 0.25) is 0 Å². The summed E-state index contributed by atoms with van der Waals surface area (Å²) in [7, 11) is 1.67. The number of hydrogen-bond acceptors (Lipinski definition) is 6. The summed E-state index contributed by atoms with van der Waals surface area (Å²) in [4.78, 5) is 4.31. The molecule has 0 atom stereocenters. The van der Waals surface area contributed by atoms with Gasteiger partial charge in [0.25, 0.3) is 5.78 Å². The summed E-state index contributed by atoms with van der Waals surface area (Å²) in [5, 5.41) is 22.4. The zero-order chi connectivity index (χ0) is 18.4. The van der Waals surface area contributed by atoms with Gasteiger partial charge in [-0.25, -0.2) is 4.98 Å². The van der Waals surface area contributed by atoms with E-state index in [-0.39, 0.29) is 11.2 Å². The van der Waals surface area contributed by atoms with Gasteiger partial charge in [0, 0.05) is 11.0 Å². The van der Waals surface area contributed by atoms with Crippen LogP contribution in [0, 0.1) is 0 Å². The fraction of sp³-hybridized carbons (Fsp3) is 0.200. The summed E-state index contributed by atoms with van der Waals surface area (Å²) in [6, 6.07) is 13.7. The molecule has 0 saturated heterocycles. The summed E-state index contributed by atoms with van der Waals surface area (Å²) < 4.78 is 6.82. The molecule has 2 aromatic carbocycles. The van der Waals surface area contributed by atoms with Crippen molar-refractivity contribution in [2.75, 3.05) is 7.11 Å². The molecule has 27 heavy (non-hydrogen) atoms. The van der Waals surface area contributed by atoms with E-state index in [0.717, 1.165) is 29.7 Å². The Kier molecular flexibility index (Phi) is 3.36. The Morgan fingerprint density at radius 3 is 2.67 bits per heavy atom. The standard InChI is InChI=1S/C20H17N5O2/c1-27-15-5-2-13(3-6-15)20(8-9-20)17-7-4-14(26)10-16(17)18-11-21-19-23-22-12-25(19)24-18/h2-7,10-12,26H,8-9H2,1H3. The van der Waals surface area contributed by atoms with Gasteiger partial charge >= 0.3 is 0 Å². The number of benzene rings is 2. The van der Waals surface area contributed by atoms with Crippen molar-refractivity contribution in [2.24, 2.45) is 0 Å². The van der Waals surface area contributed by atoms with Gasteiger partial charge in [0.15, 0.2) is 0 Å². The van der Waals surface area contributed by atoms with Gasteiger partial charge < -0.3 is 9.84 Å². The second-order valence-corrected chi connectivity index (χ2v) is 6.76. The minimum atomic E-state index is -0.0842. The third kappa shape index (κ3) is 2.51. The van der Waals surface area contributed by atoms with Crippen LogP contribution in [0.25, 0.3) is 17.0 Å². The Morgan fingerprint density at radius 1 is 1.11 bits per heavy atom. The van der Waals surface area contributed by atoms with E-state index >= 15 is 0 Å². The van der Waals surface area contributed by atoms with E-state index in [1.54, 1.807) is 25.4 Å². The molecule has 0 spiro atoms. The lowest BCUT2D eigenvalue weighted by atomic mass is 9.84. The predicted octanol–water partition coefficient (Wildman–Crippen LogP) is 2.98. The first-order valence-electron chi connectivity index (χ1n) is 8.71. The van der Waals surface area contributed by atoms with E-state index in [1.165, 1.54) is 16.4 Å². The Morgan fingerprint density at radius 2 is 1.93 bits per heavy atom. The zero-order valence-electron chi connectivity index (χ0n) is 14.7. The Labute approximate surface area is 155 Å². The molecular formula is C20H17N5O2. The van der Waals surface area contributed by atoms with E-state index in [2.05, 4.69) is 32.4 Å². The Balaban J connectivity index is 1.66. The first kappa shape index (κ1) is 15.7. The average molecular weight is 359 g/mol. The maximum atomic E-state index is 10.1. The highest BCUT2D eigenvalue weighted by molar-refractivity contribution is 5.70. The van der Waals surface area contributed by atoms with E-state index < -0.39 is 0 Å². The quantitative estimate of drug-likeness (QED) is 0.603. The minimum absolute atomic E-state index is 0.0842. The molecule has 2 heterocycles. The van der Waals surface area contributed by atoms with Crippen LogP contribution in [0.15, 0.2) is 55.0 Å². The molecule has 4 aromatic rings. The molecule has 134 valence electrons. The van der Waals surface area contributed by atoms with Crippen LogP contribution in [-0.4, -0.2) is 37.0 Å². The van der Waals surface area contributed by atoms with Crippen molar-refractivity contribution >= 4 is 5.78 Å². The molecule has 1 aliphatic rings. The van der Waals surface area contributed by atoms with E-state index in [0.29, 0.717) is 11.5 Å². The van der Waals surface area contributed by atoms with Crippen molar-refractivity contribution in [3.8, 4) is 22.8 Å². The number of methoxy groups -OCH3 is 1. The van der Waals surface area contributed by atoms with Crippen molar-refractivity contribution in [1.82, 2.24) is 24.8 Å². The highest BCUT2D eigenvalue weighted by Gasteiger charge is 2.47. The number of rotatable bonds is 4. The fourth-order valence-corrected chi connectivity index (χ4v) is 3.67. The number of ether oxygens (including phenoxy) is 1. The lowest BCUT2D eigenvalue weighted by molar-refractivity contribution is 0.414. The predicted molar refractivity (Wildman–Crippen MR) is 98.7 cm³/mol. The van der Waals surface area contributed by atoms with E-state index in [1.807, 2.05) is 18.2 Å². The average Bonchev–Trinajstić information content (AvgIpc) is 3.37. The number of hydrogen-bond donors (Lipinski definition) is 1. The smallest absolute Gasteiger partial charge is 0.271 e. The van der Waals surface area contributed by atoms with Crippen molar-refractivity contribution in [2.45, 2.75) is 18.3 Å². The number of aromatic nitrogens is 5. The number of nitrogens with zero attached hydrogens (tertiary/aromatic N) is 5. The summed E-state index contributed by atoms with van der Waals surface area (Å²) in [5.41, 5.74) is 3.82. The van der Waals surface area contributed by atoms with E-state index in [4.69, 9.17) is 4.74 Å². The molecule has 1 N–H and O–H groups in total. The van der Waals surface area contributed by atoms with Crippen molar-refractivity contribution in [1.29, 1.82) is 0 Å². The van der Waals surface area contributed by atoms with Crippen molar-refractivity contribution in [3.63, 3.8) is 0 Å². The second-order valence-electron chi connectivity index (χ2n) is 6.76. The maximum Gasteiger partial charge on any atom is 0.271 e. The Bertz CT molecular complexity index is 1130. The van der Waals surface area contributed by atoms with Gasteiger partial charge in [0.1, 0.15) is 23.5 Å². The molecule has 0 radical (unpaired) electrons. The fourth-order valence-electron chi connectivity index (χ4n) is 3.67. The third-order valence-electron chi connectivity index (χ3n) is 5.22. The molecule has 1 aliphatic carbocycles. The summed E-state index contributed by atoms with van der Waals surface area (Å²) in [6.07, 6.45) is 5.27. The van der Waals surface area contributed by atoms with Crippen LogP contribution in [0.1, 0.15) is 24.0 Å². The third-order valence-corrected chi connectivity index (χ3v) is 5.22. The molecular weight excluding hydrogens is 342 g/mol. The molecule has 1 fully saturated rings. The van der Waals surface area contributed by atoms with Gasteiger partial charge in [-0.2, -0.15) is 9.61 Å². The van der Waals surface area contributed by atoms with Crippen LogP contribution < -0.4 is 4.74 Å². The monoisotopic (exact) mass is 359 g/mol. The van der Waals surface area contributed by atoms with Crippen LogP contribution in [0.5, 0.6) is 11.5 Å². The van der Waals surface area contributed by atoms with Gasteiger partial charge in [-0.15, -0.1) is 10.2 Å². The summed E-state index contributed by atoms with van der Waals surface area (Å²) in [5.74, 6) is 1.48. The van der Waals surface area contributed by atoms with Crippen molar-refractivity contribution < 1.29 is 9.84 Å². The Hall–Kier alpha value is -3.48. The lowest BCUT2D eigenvalue weighted by Crippen LogP contribution is -2.11. The van der Waals surface area contributed by atoms with Gasteiger partial charge in [0.05, 0.1) is 13.3 Å². The normalized spacial score (nSPS) is 15.0. The first-order chi connectivity index (χ1) is 13.2. The van der Waals surface area contributed by atoms with Crippen LogP contribution in [-0.2, 0) is 5.41 Å². The molecule has 2 aromatic heterocycles. The van der Waals surface area contributed by atoms with Crippen LogP contribution in [0.3, 0.4) is 0 Å². The maximum absolute atomic E-state index is 10.1. The highest BCUT2D eigenvalue weighted by Crippen LogP contribution is 2.56. The SMILES string of the molecule is COc1ccc(C2(c3ccc(O)cc3-c3cnc4nncn4n3)CC2)cc1. The molecule has 7 heteroatoms. The molecule has 1 saturated carbocycles. The van der Waals surface area contributed by atoms with E-state index in [9.17, 15) is 5.11 Å².